The molecule has 0 aromatic heterocycles. The summed E-state index contributed by atoms with van der Waals surface area (Å²) in [6, 6.07) is 0. The van der Waals surface area contributed by atoms with Crippen molar-refractivity contribution in [1.82, 2.24) is 0 Å². The molecule has 2 atom stereocenters. The van der Waals surface area contributed by atoms with Crippen LogP contribution < -0.4 is 0 Å². The Labute approximate surface area is 172 Å². The Hall–Kier alpha value is -0.210. The van der Waals surface area contributed by atoms with Crippen LogP contribution in [0.3, 0.4) is 0 Å². The van der Waals surface area contributed by atoms with Gasteiger partial charge in [-0.1, -0.05) is 77.6 Å². The Bertz CT molecular complexity index is 491. The second-order valence-corrected chi connectivity index (χ2v) is 9.52. The SMILES string of the molecule is CCCCCCCC[C@@H]1OC(C)(C)O[C@H]1CCCCCCCCOS(=O)(=O)O. The summed E-state index contributed by atoms with van der Waals surface area (Å²) in [5.74, 6) is -0.468. The van der Waals surface area contributed by atoms with Crippen LogP contribution in [0.4, 0.5) is 0 Å². The lowest BCUT2D eigenvalue weighted by Gasteiger charge is -2.16. The topological polar surface area (TPSA) is 82.1 Å². The summed E-state index contributed by atoms with van der Waals surface area (Å²) in [7, 11) is -4.29. The van der Waals surface area contributed by atoms with Gasteiger partial charge < -0.3 is 9.47 Å². The zero-order chi connectivity index (χ0) is 20.9. The highest BCUT2D eigenvalue weighted by Crippen LogP contribution is 2.33. The van der Waals surface area contributed by atoms with Crippen molar-refractivity contribution in [2.45, 2.75) is 129 Å². The van der Waals surface area contributed by atoms with E-state index >= 15 is 0 Å². The molecule has 0 unspecified atom stereocenters. The molecule has 0 saturated carbocycles. The van der Waals surface area contributed by atoms with E-state index in [-0.39, 0.29) is 18.8 Å². The second kappa shape index (κ2) is 13.9. The van der Waals surface area contributed by atoms with Gasteiger partial charge in [0.2, 0.25) is 0 Å². The third-order valence-corrected chi connectivity index (χ3v) is 5.71. The molecule has 28 heavy (non-hydrogen) atoms. The first-order valence-corrected chi connectivity index (χ1v) is 12.6. The predicted molar refractivity (Wildman–Crippen MR) is 112 cm³/mol. The minimum Gasteiger partial charge on any atom is -0.345 e. The molecule has 0 aromatic carbocycles. The summed E-state index contributed by atoms with van der Waals surface area (Å²) >= 11 is 0. The van der Waals surface area contributed by atoms with Gasteiger partial charge in [-0.3, -0.25) is 4.55 Å². The molecule has 0 radical (unpaired) electrons. The molecule has 7 heteroatoms. The van der Waals surface area contributed by atoms with Crippen LogP contribution in [-0.2, 0) is 24.1 Å². The lowest BCUT2D eigenvalue weighted by Crippen LogP contribution is -2.22. The first-order chi connectivity index (χ1) is 13.2. The maximum absolute atomic E-state index is 10.4. The zero-order valence-corrected chi connectivity index (χ0v) is 19.0. The smallest absolute Gasteiger partial charge is 0.345 e. The third-order valence-electron chi connectivity index (χ3n) is 5.24. The fourth-order valence-electron chi connectivity index (χ4n) is 3.84. The molecule has 6 nitrogen and oxygen atoms in total. The molecule has 168 valence electrons. The normalized spacial score (nSPS) is 22.0. The molecule has 1 aliphatic heterocycles. The molecule has 1 fully saturated rings. The monoisotopic (exact) mass is 422 g/mol. The van der Waals surface area contributed by atoms with Crippen LogP contribution in [0.2, 0.25) is 0 Å². The molecule has 0 aromatic rings. The Balaban J connectivity index is 2.10. The number of hydrogen-bond acceptors (Lipinski definition) is 5. The Morgan fingerprint density at radius 2 is 1.21 bits per heavy atom. The fourth-order valence-corrected chi connectivity index (χ4v) is 4.17. The van der Waals surface area contributed by atoms with E-state index in [9.17, 15) is 8.42 Å². The van der Waals surface area contributed by atoms with Gasteiger partial charge in [0.25, 0.3) is 0 Å². The highest BCUT2D eigenvalue weighted by atomic mass is 32.3. The third kappa shape index (κ3) is 13.1. The molecule has 0 aliphatic carbocycles. The van der Waals surface area contributed by atoms with Crippen molar-refractivity contribution in [3.63, 3.8) is 0 Å². The number of hydrogen-bond donors (Lipinski definition) is 1. The predicted octanol–water partition coefficient (Wildman–Crippen LogP) is 5.81. The van der Waals surface area contributed by atoms with Crippen LogP contribution in [0.5, 0.6) is 0 Å². The van der Waals surface area contributed by atoms with E-state index in [1.54, 1.807) is 0 Å². The Kier molecular flexibility index (Phi) is 12.8. The van der Waals surface area contributed by atoms with Crippen LogP contribution in [-0.4, -0.2) is 37.6 Å². The molecule has 1 N–H and O–H groups in total. The van der Waals surface area contributed by atoms with Gasteiger partial charge in [0.05, 0.1) is 18.8 Å². The van der Waals surface area contributed by atoms with Crippen molar-refractivity contribution in [2.75, 3.05) is 6.61 Å². The number of ether oxygens (including phenoxy) is 2. The Morgan fingerprint density at radius 3 is 1.68 bits per heavy atom. The molecule has 1 aliphatic rings. The summed E-state index contributed by atoms with van der Waals surface area (Å²) in [4.78, 5) is 0. The summed E-state index contributed by atoms with van der Waals surface area (Å²) in [6.07, 6.45) is 16.3. The highest BCUT2D eigenvalue weighted by Gasteiger charge is 2.40. The van der Waals surface area contributed by atoms with Gasteiger partial charge in [-0.15, -0.1) is 0 Å². The van der Waals surface area contributed by atoms with E-state index in [1.807, 2.05) is 13.8 Å². The lowest BCUT2D eigenvalue weighted by atomic mass is 9.99. The maximum Gasteiger partial charge on any atom is 0.397 e. The summed E-state index contributed by atoms with van der Waals surface area (Å²) in [5.41, 5.74) is 0. The van der Waals surface area contributed by atoms with Gasteiger partial charge in [-0.25, -0.2) is 4.18 Å². The van der Waals surface area contributed by atoms with Crippen LogP contribution in [0.15, 0.2) is 0 Å². The van der Waals surface area contributed by atoms with E-state index in [4.69, 9.17) is 14.0 Å². The molecule has 0 amide bonds. The molecule has 0 bridgehead atoms. The molecule has 0 spiro atoms. The first-order valence-electron chi connectivity index (χ1n) is 11.2. The van der Waals surface area contributed by atoms with E-state index in [0.29, 0.717) is 6.42 Å². The van der Waals surface area contributed by atoms with Crippen molar-refractivity contribution in [2.24, 2.45) is 0 Å². The van der Waals surface area contributed by atoms with Crippen LogP contribution in [0.25, 0.3) is 0 Å². The number of rotatable bonds is 17. The van der Waals surface area contributed by atoms with Gasteiger partial charge in [0, 0.05) is 0 Å². The van der Waals surface area contributed by atoms with Crippen molar-refractivity contribution >= 4 is 10.4 Å². The van der Waals surface area contributed by atoms with E-state index < -0.39 is 16.2 Å². The standard InChI is InChI=1S/C21H42O6S/c1-4-5-6-7-10-13-16-19-20(27-21(2,3)26-19)17-14-11-8-9-12-15-18-25-28(22,23)24/h19-20H,4-18H2,1-3H3,(H,22,23,24)/t19-,20-/m0/s1. The fraction of sp³-hybridized carbons (Fsp3) is 1.00. The van der Waals surface area contributed by atoms with Crippen molar-refractivity contribution in [3.05, 3.63) is 0 Å². The molecule has 1 saturated heterocycles. The summed E-state index contributed by atoms with van der Waals surface area (Å²) in [6.45, 7) is 6.32. The van der Waals surface area contributed by atoms with Gasteiger partial charge in [0.1, 0.15) is 0 Å². The quantitative estimate of drug-likeness (QED) is 0.235. The molecular weight excluding hydrogens is 380 g/mol. The average molecular weight is 423 g/mol. The first kappa shape index (κ1) is 25.8. The van der Waals surface area contributed by atoms with Crippen LogP contribution >= 0.6 is 0 Å². The maximum atomic E-state index is 10.4. The molecular formula is C21H42O6S. The lowest BCUT2D eigenvalue weighted by molar-refractivity contribution is -0.147. The average Bonchev–Trinajstić information content (AvgIpc) is 2.89. The van der Waals surface area contributed by atoms with Gasteiger partial charge >= 0.3 is 10.4 Å². The minimum atomic E-state index is -4.29. The largest absolute Gasteiger partial charge is 0.397 e. The van der Waals surface area contributed by atoms with Crippen molar-refractivity contribution in [1.29, 1.82) is 0 Å². The minimum absolute atomic E-state index is 0.0568. The summed E-state index contributed by atoms with van der Waals surface area (Å²) in [5, 5.41) is 0. The second-order valence-electron chi connectivity index (χ2n) is 8.43. The zero-order valence-electron chi connectivity index (χ0n) is 18.2. The summed E-state index contributed by atoms with van der Waals surface area (Å²) < 4.78 is 45.9. The van der Waals surface area contributed by atoms with Gasteiger partial charge in [-0.05, 0) is 33.1 Å². The van der Waals surface area contributed by atoms with Crippen molar-refractivity contribution in [3.8, 4) is 0 Å². The van der Waals surface area contributed by atoms with Crippen LogP contribution in [0, 0.1) is 0 Å². The van der Waals surface area contributed by atoms with E-state index in [1.165, 1.54) is 38.5 Å². The molecule has 1 rings (SSSR count). The van der Waals surface area contributed by atoms with E-state index in [2.05, 4.69) is 11.1 Å². The van der Waals surface area contributed by atoms with E-state index in [0.717, 1.165) is 44.9 Å². The van der Waals surface area contributed by atoms with Crippen molar-refractivity contribution < 1.29 is 26.6 Å². The number of unbranched alkanes of at least 4 members (excludes halogenated alkanes) is 10. The van der Waals surface area contributed by atoms with Gasteiger partial charge in [-0.2, -0.15) is 8.42 Å². The van der Waals surface area contributed by atoms with Gasteiger partial charge in [0.15, 0.2) is 5.79 Å². The Morgan fingerprint density at radius 1 is 0.786 bits per heavy atom. The highest BCUT2D eigenvalue weighted by molar-refractivity contribution is 7.80. The molecule has 1 heterocycles. The van der Waals surface area contributed by atoms with Crippen LogP contribution in [0.1, 0.15) is 111 Å².